The van der Waals surface area contributed by atoms with Crippen LogP contribution in [0.5, 0.6) is 0 Å². The van der Waals surface area contributed by atoms with Crippen LogP contribution in [0.1, 0.15) is 38.3 Å². The molecule has 0 fully saturated rings. The maximum atomic E-state index is 12.9. The second-order valence-electron chi connectivity index (χ2n) is 7.66. The second kappa shape index (κ2) is 9.38. The highest BCUT2D eigenvalue weighted by Gasteiger charge is 2.37. The van der Waals surface area contributed by atoms with Gasteiger partial charge in [-0.25, -0.2) is 0 Å². The summed E-state index contributed by atoms with van der Waals surface area (Å²) in [5.74, 6) is -0.578. The first-order chi connectivity index (χ1) is 15.2. The summed E-state index contributed by atoms with van der Waals surface area (Å²) in [6.45, 7) is 1.41. The number of rotatable bonds is 8. The molecule has 0 spiro atoms. The van der Waals surface area contributed by atoms with E-state index in [0.717, 1.165) is 11.1 Å². The summed E-state index contributed by atoms with van der Waals surface area (Å²) in [6, 6.07) is 28.9. The van der Waals surface area contributed by atoms with E-state index in [4.69, 9.17) is 0 Å². The highest BCUT2D eigenvalue weighted by atomic mass is 16.2. The van der Waals surface area contributed by atoms with E-state index in [1.165, 1.54) is 4.90 Å². The standard InChI is InChI=1S/C26H23N3O2/c27-16-15-22(19-29-25(30)23-13-7-8-14-24(23)26(29)31)28(17-20-9-3-1-4-10-20)18-21-11-5-2-6-12-21/h1-14,22H,15,17-19H2/t22-/m0/s1. The Balaban J connectivity index is 1.61. The Hall–Kier alpha value is -3.75. The number of hydrogen-bond acceptors (Lipinski definition) is 4. The quantitative estimate of drug-likeness (QED) is 0.521. The second-order valence-corrected chi connectivity index (χ2v) is 7.66. The molecule has 0 radical (unpaired) electrons. The van der Waals surface area contributed by atoms with Crippen LogP contribution in [0.15, 0.2) is 84.9 Å². The Morgan fingerprint density at radius 1 is 0.742 bits per heavy atom. The van der Waals surface area contributed by atoms with Gasteiger partial charge >= 0.3 is 0 Å². The summed E-state index contributed by atoms with van der Waals surface area (Å²) in [7, 11) is 0. The molecule has 1 aliphatic rings. The molecule has 0 N–H and O–H groups in total. The van der Waals surface area contributed by atoms with Crippen molar-refractivity contribution in [3.63, 3.8) is 0 Å². The minimum Gasteiger partial charge on any atom is -0.289 e. The van der Waals surface area contributed by atoms with Crippen LogP contribution in [-0.4, -0.2) is 34.2 Å². The van der Waals surface area contributed by atoms with Crippen molar-refractivity contribution in [2.75, 3.05) is 6.54 Å². The minimum absolute atomic E-state index is 0.180. The van der Waals surface area contributed by atoms with Crippen LogP contribution < -0.4 is 0 Å². The highest BCUT2D eigenvalue weighted by molar-refractivity contribution is 6.21. The van der Waals surface area contributed by atoms with E-state index >= 15 is 0 Å². The Morgan fingerprint density at radius 2 is 1.19 bits per heavy atom. The molecular formula is C26H23N3O2. The first-order valence-corrected chi connectivity index (χ1v) is 10.3. The molecule has 31 heavy (non-hydrogen) atoms. The maximum Gasteiger partial charge on any atom is 0.261 e. The van der Waals surface area contributed by atoms with Crippen LogP contribution in [0.4, 0.5) is 0 Å². The SMILES string of the molecule is N#CC[C@@H](CN1C(=O)c2ccccc2C1=O)N(Cc1ccccc1)Cc1ccccc1. The van der Waals surface area contributed by atoms with Crippen molar-refractivity contribution < 1.29 is 9.59 Å². The van der Waals surface area contributed by atoms with Crippen molar-refractivity contribution >= 4 is 11.8 Å². The third kappa shape index (κ3) is 4.55. The number of benzene rings is 3. The lowest BCUT2D eigenvalue weighted by molar-refractivity contribution is 0.0578. The third-order valence-corrected chi connectivity index (χ3v) is 5.57. The average Bonchev–Trinajstić information content (AvgIpc) is 3.05. The van der Waals surface area contributed by atoms with Gasteiger partial charge in [0.15, 0.2) is 0 Å². The maximum absolute atomic E-state index is 12.9. The molecule has 3 aromatic carbocycles. The van der Waals surface area contributed by atoms with Gasteiger partial charge in [0.2, 0.25) is 0 Å². The molecule has 4 rings (SSSR count). The number of amides is 2. The molecule has 2 amide bonds. The van der Waals surface area contributed by atoms with Gasteiger partial charge in [-0.3, -0.25) is 19.4 Å². The average molecular weight is 409 g/mol. The number of nitrogens with zero attached hydrogens (tertiary/aromatic N) is 3. The summed E-state index contributed by atoms with van der Waals surface area (Å²) in [4.78, 5) is 29.2. The van der Waals surface area contributed by atoms with Gasteiger partial charge in [-0.05, 0) is 23.3 Å². The molecule has 0 aliphatic carbocycles. The Morgan fingerprint density at radius 3 is 1.65 bits per heavy atom. The number of hydrogen-bond donors (Lipinski definition) is 0. The monoisotopic (exact) mass is 409 g/mol. The largest absolute Gasteiger partial charge is 0.289 e. The van der Waals surface area contributed by atoms with Gasteiger partial charge in [-0.15, -0.1) is 0 Å². The zero-order chi connectivity index (χ0) is 21.6. The van der Waals surface area contributed by atoms with Gasteiger partial charge in [0.1, 0.15) is 0 Å². The van der Waals surface area contributed by atoms with E-state index in [1.807, 2.05) is 60.7 Å². The highest BCUT2D eigenvalue weighted by Crippen LogP contribution is 2.25. The van der Waals surface area contributed by atoms with Crippen LogP contribution in [0, 0.1) is 11.3 Å². The Labute approximate surface area is 182 Å². The molecule has 0 saturated heterocycles. The number of nitriles is 1. The summed E-state index contributed by atoms with van der Waals surface area (Å²) >= 11 is 0. The van der Waals surface area contributed by atoms with Crippen molar-refractivity contribution in [2.24, 2.45) is 0 Å². The zero-order valence-corrected chi connectivity index (χ0v) is 17.1. The van der Waals surface area contributed by atoms with Gasteiger partial charge in [0.25, 0.3) is 11.8 Å². The van der Waals surface area contributed by atoms with Crippen LogP contribution in [0.3, 0.4) is 0 Å². The van der Waals surface area contributed by atoms with Crippen LogP contribution in [0.2, 0.25) is 0 Å². The van der Waals surface area contributed by atoms with E-state index in [-0.39, 0.29) is 30.8 Å². The molecule has 5 heteroatoms. The van der Waals surface area contributed by atoms with Gasteiger partial charge in [-0.2, -0.15) is 5.26 Å². The van der Waals surface area contributed by atoms with Gasteiger partial charge in [-0.1, -0.05) is 72.8 Å². The molecule has 154 valence electrons. The van der Waals surface area contributed by atoms with Crippen molar-refractivity contribution in [1.82, 2.24) is 9.80 Å². The fraction of sp³-hybridized carbons (Fsp3) is 0.192. The molecule has 3 aromatic rings. The zero-order valence-electron chi connectivity index (χ0n) is 17.1. The van der Waals surface area contributed by atoms with Crippen LogP contribution in [-0.2, 0) is 13.1 Å². The molecule has 0 aromatic heterocycles. The molecule has 0 unspecified atom stereocenters. The van der Waals surface area contributed by atoms with E-state index in [2.05, 4.69) is 11.0 Å². The van der Waals surface area contributed by atoms with Crippen molar-refractivity contribution in [3.05, 3.63) is 107 Å². The van der Waals surface area contributed by atoms with Crippen molar-refractivity contribution in [3.8, 4) is 6.07 Å². The smallest absolute Gasteiger partial charge is 0.261 e. The lowest BCUT2D eigenvalue weighted by Gasteiger charge is -2.32. The number of carbonyl (C=O) groups excluding carboxylic acids is 2. The van der Waals surface area contributed by atoms with Gasteiger partial charge in [0, 0.05) is 25.7 Å². The number of fused-ring (bicyclic) bond motifs is 1. The normalized spacial score (nSPS) is 13.9. The summed E-state index contributed by atoms with van der Waals surface area (Å²) in [6.07, 6.45) is 0.215. The summed E-state index contributed by atoms with van der Waals surface area (Å²) < 4.78 is 0. The van der Waals surface area contributed by atoms with E-state index < -0.39 is 0 Å². The summed E-state index contributed by atoms with van der Waals surface area (Å²) in [5, 5.41) is 9.53. The lowest BCUT2D eigenvalue weighted by atomic mass is 10.1. The molecule has 1 heterocycles. The minimum atomic E-state index is -0.289. The van der Waals surface area contributed by atoms with Crippen molar-refractivity contribution in [2.45, 2.75) is 25.6 Å². The molecular weight excluding hydrogens is 386 g/mol. The van der Waals surface area contributed by atoms with Crippen molar-refractivity contribution in [1.29, 1.82) is 5.26 Å². The van der Waals surface area contributed by atoms with E-state index in [9.17, 15) is 14.9 Å². The predicted molar refractivity (Wildman–Crippen MR) is 118 cm³/mol. The van der Waals surface area contributed by atoms with Crippen LogP contribution >= 0.6 is 0 Å². The first-order valence-electron chi connectivity index (χ1n) is 10.3. The lowest BCUT2D eigenvalue weighted by Crippen LogP contribution is -2.45. The molecule has 0 bridgehead atoms. The Bertz CT molecular complexity index is 1030. The fourth-order valence-corrected chi connectivity index (χ4v) is 3.98. The first kappa shape index (κ1) is 20.5. The fourth-order valence-electron chi connectivity index (χ4n) is 3.98. The number of carbonyl (C=O) groups is 2. The summed E-state index contributed by atoms with van der Waals surface area (Å²) in [5.41, 5.74) is 3.09. The third-order valence-electron chi connectivity index (χ3n) is 5.57. The topological polar surface area (TPSA) is 64.4 Å². The van der Waals surface area contributed by atoms with E-state index in [1.54, 1.807) is 24.3 Å². The molecule has 1 atom stereocenters. The molecule has 5 nitrogen and oxygen atoms in total. The van der Waals surface area contributed by atoms with Gasteiger partial charge in [0.05, 0.1) is 23.6 Å². The van der Waals surface area contributed by atoms with Gasteiger partial charge < -0.3 is 0 Å². The van der Waals surface area contributed by atoms with Crippen LogP contribution in [0.25, 0.3) is 0 Å². The number of imide groups is 1. The van der Waals surface area contributed by atoms with E-state index in [0.29, 0.717) is 24.2 Å². The molecule has 1 aliphatic heterocycles. The predicted octanol–water partition coefficient (Wildman–Crippen LogP) is 4.27. The molecule has 0 saturated carbocycles. The Kier molecular flexibility index (Phi) is 6.21.